The number of carbonyl (C=O) groups excluding carboxylic acids is 1. The van der Waals surface area contributed by atoms with Gasteiger partial charge in [-0.1, -0.05) is 62.4 Å². The quantitative estimate of drug-likeness (QED) is 0.568. The molecule has 1 N–H and O–H groups in total. The van der Waals surface area contributed by atoms with Gasteiger partial charge in [0.1, 0.15) is 0 Å². The molecule has 0 heterocycles. The number of fused-ring (bicyclic) bond motifs is 1. The van der Waals surface area contributed by atoms with E-state index >= 15 is 0 Å². The number of benzene rings is 3. The van der Waals surface area contributed by atoms with Gasteiger partial charge in [-0.2, -0.15) is 13.2 Å². The summed E-state index contributed by atoms with van der Waals surface area (Å²) >= 11 is 0. The Hall–Kier alpha value is -2.82. The molecule has 140 valence electrons. The summed E-state index contributed by atoms with van der Waals surface area (Å²) in [6.45, 7) is 3.41. The van der Waals surface area contributed by atoms with E-state index in [1.165, 1.54) is 12.1 Å². The molecule has 1 unspecified atom stereocenters. The lowest BCUT2D eigenvalue weighted by molar-refractivity contribution is -0.138. The third kappa shape index (κ3) is 3.82. The van der Waals surface area contributed by atoms with Gasteiger partial charge in [0.15, 0.2) is 0 Å². The van der Waals surface area contributed by atoms with Crippen LogP contribution < -0.4 is 5.32 Å². The molecular weight excluding hydrogens is 351 g/mol. The maximum Gasteiger partial charge on any atom is 0.416 e. The minimum Gasteiger partial charge on any atom is -0.326 e. The average Bonchev–Trinajstić information content (AvgIpc) is 2.66. The predicted molar refractivity (Wildman–Crippen MR) is 102 cm³/mol. The van der Waals surface area contributed by atoms with E-state index in [2.05, 4.69) is 5.32 Å². The van der Waals surface area contributed by atoms with Crippen molar-refractivity contribution >= 4 is 22.4 Å². The maximum absolute atomic E-state index is 13.7. The van der Waals surface area contributed by atoms with E-state index < -0.39 is 17.7 Å². The Morgan fingerprint density at radius 2 is 1.67 bits per heavy atom. The second-order valence-corrected chi connectivity index (χ2v) is 6.46. The molecule has 5 heteroatoms. The van der Waals surface area contributed by atoms with Gasteiger partial charge < -0.3 is 5.32 Å². The van der Waals surface area contributed by atoms with Crippen LogP contribution in [0.4, 0.5) is 18.9 Å². The fraction of sp³-hybridized carbons (Fsp3) is 0.227. The van der Waals surface area contributed by atoms with Crippen molar-refractivity contribution in [2.45, 2.75) is 32.4 Å². The zero-order chi connectivity index (χ0) is 19.6. The van der Waals surface area contributed by atoms with Crippen LogP contribution in [-0.4, -0.2) is 5.91 Å². The maximum atomic E-state index is 13.7. The van der Waals surface area contributed by atoms with Crippen molar-refractivity contribution in [2.75, 3.05) is 5.32 Å². The topological polar surface area (TPSA) is 29.1 Å². The first kappa shape index (κ1) is 19.0. The lowest BCUT2D eigenvalue weighted by atomic mass is 9.85. The molecular formula is C22H20F3NO. The van der Waals surface area contributed by atoms with Crippen molar-refractivity contribution < 1.29 is 18.0 Å². The molecule has 3 aromatic carbocycles. The number of halogens is 3. The number of hydrogen-bond donors (Lipinski definition) is 1. The highest BCUT2D eigenvalue weighted by molar-refractivity contribution is 5.92. The van der Waals surface area contributed by atoms with E-state index in [0.29, 0.717) is 0 Å². The van der Waals surface area contributed by atoms with Gasteiger partial charge in [0.2, 0.25) is 5.91 Å². The first-order valence-electron chi connectivity index (χ1n) is 8.80. The monoisotopic (exact) mass is 371 g/mol. The summed E-state index contributed by atoms with van der Waals surface area (Å²) in [6.07, 6.45) is -4.32. The number of alkyl halides is 3. The van der Waals surface area contributed by atoms with E-state index in [4.69, 9.17) is 0 Å². The standard InChI is InChI=1S/C22H20F3NO/c1-3-20(27)26-19-13-7-12-18(22(23,24)25)21(19)14(2)16-11-6-9-15-8-4-5-10-17(15)16/h4-14H,3H2,1-2H3,(H,26,27). The van der Waals surface area contributed by atoms with E-state index in [9.17, 15) is 18.0 Å². The number of hydrogen-bond acceptors (Lipinski definition) is 1. The third-order valence-corrected chi connectivity index (χ3v) is 4.73. The van der Waals surface area contributed by atoms with Crippen LogP contribution in [0, 0.1) is 0 Å². The SMILES string of the molecule is CCC(=O)Nc1cccc(C(F)(F)F)c1C(C)c1cccc2ccccc12. The van der Waals surface area contributed by atoms with E-state index in [0.717, 1.165) is 22.4 Å². The number of rotatable bonds is 4. The summed E-state index contributed by atoms with van der Waals surface area (Å²) in [5.41, 5.74) is 0.355. The summed E-state index contributed by atoms with van der Waals surface area (Å²) < 4.78 is 41.2. The smallest absolute Gasteiger partial charge is 0.326 e. The molecule has 0 aliphatic rings. The molecule has 3 aromatic rings. The molecule has 27 heavy (non-hydrogen) atoms. The van der Waals surface area contributed by atoms with Gasteiger partial charge in [0.05, 0.1) is 5.56 Å². The molecule has 0 saturated carbocycles. The Labute approximate surface area is 156 Å². The van der Waals surface area contributed by atoms with Gasteiger partial charge in [-0.05, 0) is 34.0 Å². The van der Waals surface area contributed by atoms with Crippen LogP contribution in [0.2, 0.25) is 0 Å². The van der Waals surface area contributed by atoms with E-state index in [-0.39, 0.29) is 23.6 Å². The largest absolute Gasteiger partial charge is 0.416 e. The highest BCUT2D eigenvalue weighted by Crippen LogP contribution is 2.42. The second-order valence-electron chi connectivity index (χ2n) is 6.46. The van der Waals surface area contributed by atoms with Crippen molar-refractivity contribution in [1.82, 2.24) is 0 Å². The van der Waals surface area contributed by atoms with E-state index in [1.807, 2.05) is 42.5 Å². The van der Waals surface area contributed by atoms with Crippen molar-refractivity contribution in [3.05, 3.63) is 77.4 Å². The normalized spacial score (nSPS) is 12.8. The van der Waals surface area contributed by atoms with Crippen molar-refractivity contribution in [2.24, 2.45) is 0 Å². The first-order valence-corrected chi connectivity index (χ1v) is 8.80. The summed E-state index contributed by atoms with van der Waals surface area (Å²) in [5.74, 6) is -0.873. The molecule has 0 aliphatic heterocycles. The molecule has 2 nitrogen and oxygen atoms in total. The zero-order valence-corrected chi connectivity index (χ0v) is 15.1. The van der Waals surface area contributed by atoms with Gasteiger partial charge >= 0.3 is 6.18 Å². The van der Waals surface area contributed by atoms with Crippen LogP contribution in [0.3, 0.4) is 0 Å². The Kier molecular flexibility index (Phi) is 5.22. The van der Waals surface area contributed by atoms with Crippen LogP contribution in [0.25, 0.3) is 10.8 Å². The molecule has 0 radical (unpaired) electrons. The Balaban J connectivity index is 2.22. The summed E-state index contributed by atoms with van der Waals surface area (Å²) in [4.78, 5) is 11.9. The lowest BCUT2D eigenvalue weighted by Crippen LogP contribution is -2.17. The third-order valence-electron chi connectivity index (χ3n) is 4.73. The van der Waals surface area contributed by atoms with Gasteiger partial charge in [-0.15, -0.1) is 0 Å². The highest BCUT2D eigenvalue weighted by atomic mass is 19.4. The molecule has 0 saturated heterocycles. The average molecular weight is 371 g/mol. The van der Waals surface area contributed by atoms with Crippen LogP contribution in [-0.2, 0) is 11.0 Å². The minimum absolute atomic E-state index is 0.0863. The predicted octanol–water partition coefficient (Wildman–Crippen LogP) is 6.36. The number of amides is 1. The van der Waals surface area contributed by atoms with Crippen molar-refractivity contribution in [1.29, 1.82) is 0 Å². The van der Waals surface area contributed by atoms with Gasteiger partial charge in [-0.25, -0.2) is 0 Å². The zero-order valence-electron chi connectivity index (χ0n) is 15.1. The summed E-state index contributed by atoms with van der Waals surface area (Å²) in [6, 6.07) is 17.1. The Morgan fingerprint density at radius 3 is 2.37 bits per heavy atom. The molecule has 0 aliphatic carbocycles. The minimum atomic E-state index is -4.51. The molecule has 3 rings (SSSR count). The highest BCUT2D eigenvalue weighted by Gasteiger charge is 2.36. The number of carbonyl (C=O) groups is 1. The second kappa shape index (κ2) is 7.43. The van der Waals surface area contributed by atoms with Crippen molar-refractivity contribution in [3.8, 4) is 0 Å². The van der Waals surface area contributed by atoms with Gasteiger partial charge in [0, 0.05) is 18.0 Å². The molecule has 0 fully saturated rings. The van der Waals surface area contributed by atoms with Gasteiger partial charge in [0.25, 0.3) is 0 Å². The Bertz CT molecular complexity index is 973. The van der Waals surface area contributed by atoms with Crippen molar-refractivity contribution in [3.63, 3.8) is 0 Å². The van der Waals surface area contributed by atoms with Gasteiger partial charge in [-0.3, -0.25) is 4.79 Å². The lowest BCUT2D eigenvalue weighted by Gasteiger charge is -2.23. The van der Waals surface area contributed by atoms with Crippen LogP contribution >= 0.6 is 0 Å². The summed E-state index contributed by atoms with van der Waals surface area (Å²) in [7, 11) is 0. The van der Waals surface area contributed by atoms with Crippen LogP contribution in [0.15, 0.2) is 60.7 Å². The molecule has 1 amide bonds. The van der Waals surface area contributed by atoms with E-state index in [1.54, 1.807) is 13.8 Å². The molecule has 0 spiro atoms. The fourth-order valence-corrected chi connectivity index (χ4v) is 3.41. The number of anilines is 1. The Morgan fingerprint density at radius 1 is 1.00 bits per heavy atom. The first-order chi connectivity index (χ1) is 12.8. The molecule has 1 atom stereocenters. The number of nitrogens with one attached hydrogen (secondary N) is 1. The summed E-state index contributed by atoms with van der Waals surface area (Å²) in [5, 5.41) is 4.50. The van der Waals surface area contributed by atoms with Crippen LogP contribution in [0.5, 0.6) is 0 Å². The molecule has 0 aromatic heterocycles. The fourth-order valence-electron chi connectivity index (χ4n) is 3.41. The van der Waals surface area contributed by atoms with Crippen LogP contribution in [0.1, 0.15) is 42.9 Å². The molecule has 0 bridgehead atoms.